The van der Waals surface area contributed by atoms with Crippen molar-refractivity contribution < 1.29 is 9.90 Å². The van der Waals surface area contributed by atoms with Crippen LogP contribution in [0.2, 0.25) is 0 Å². The smallest absolute Gasteiger partial charge is 0.324 e. The zero-order valence-corrected chi connectivity index (χ0v) is 13.4. The van der Waals surface area contributed by atoms with Gasteiger partial charge in [-0.1, -0.05) is 33.3 Å². The van der Waals surface area contributed by atoms with Gasteiger partial charge in [-0.25, -0.2) is 0 Å². The maximum atomic E-state index is 12.0. The summed E-state index contributed by atoms with van der Waals surface area (Å²) in [6.07, 6.45) is 2.87. The van der Waals surface area contributed by atoms with Gasteiger partial charge in [0.2, 0.25) is 0 Å². The first-order chi connectivity index (χ1) is 9.45. The Hall–Kier alpha value is -0.870. The number of carboxylic acid groups (broad SMARTS) is 1. The highest BCUT2D eigenvalue weighted by Crippen LogP contribution is 2.41. The number of thiophene rings is 1. The molecular weight excluding hydrogens is 270 g/mol. The number of hydrogen-bond acceptors (Lipinski definition) is 3. The lowest BCUT2D eigenvalue weighted by Gasteiger charge is -2.46. The first kappa shape index (κ1) is 15.5. The van der Waals surface area contributed by atoms with E-state index in [-0.39, 0.29) is 5.92 Å². The minimum Gasteiger partial charge on any atom is -0.480 e. The van der Waals surface area contributed by atoms with Crippen molar-refractivity contribution in [2.75, 3.05) is 0 Å². The SMILES string of the molecule is CC1CCC(C(C)C)C(NCc2cccs2)(C(=O)O)C1. The highest BCUT2D eigenvalue weighted by Gasteiger charge is 2.49. The fourth-order valence-corrected chi connectivity index (χ4v) is 4.24. The third-order valence-corrected chi connectivity index (χ3v) is 5.49. The summed E-state index contributed by atoms with van der Waals surface area (Å²) in [7, 11) is 0. The van der Waals surface area contributed by atoms with E-state index in [1.54, 1.807) is 11.3 Å². The number of aliphatic carboxylic acids is 1. The van der Waals surface area contributed by atoms with Crippen LogP contribution in [-0.2, 0) is 11.3 Å². The van der Waals surface area contributed by atoms with Crippen LogP contribution in [0.15, 0.2) is 17.5 Å². The summed E-state index contributed by atoms with van der Waals surface area (Å²) in [5.41, 5.74) is -0.768. The van der Waals surface area contributed by atoms with Crippen LogP contribution in [-0.4, -0.2) is 16.6 Å². The lowest BCUT2D eigenvalue weighted by Crippen LogP contribution is -2.61. The van der Waals surface area contributed by atoms with Crippen molar-refractivity contribution in [2.24, 2.45) is 17.8 Å². The molecule has 2 N–H and O–H groups in total. The molecule has 1 fully saturated rings. The summed E-state index contributed by atoms with van der Waals surface area (Å²) >= 11 is 1.68. The van der Waals surface area contributed by atoms with E-state index in [0.29, 0.717) is 18.4 Å². The van der Waals surface area contributed by atoms with Gasteiger partial charge >= 0.3 is 5.97 Å². The highest BCUT2D eigenvalue weighted by molar-refractivity contribution is 7.09. The number of hydrogen-bond donors (Lipinski definition) is 2. The molecule has 0 spiro atoms. The maximum absolute atomic E-state index is 12.0. The minimum atomic E-state index is -0.768. The highest BCUT2D eigenvalue weighted by atomic mass is 32.1. The van der Waals surface area contributed by atoms with E-state index in [1.165, 1.54) is 4.88 Å². The Bertz CT molecular complexity index is 443. The number of carboxylic acids is 1. The molecule has 0 bridgehead atoms. The van der Waals surface area contributed by atoms with Gasteiger partial charge in [0.25, 0.3) is 0 Å². The Morgan fingerprint density at radius 3 is 2.85 bits per heavy atom. The molecule has 1 aliphatic carbocycles. The molecule has 1 aromatic heterocycles. The van der Waals surface area contributed by atoms with Crippen LogP contribution in [0, 0.1) is 17.8 Å². The van der Waals surface area contributed by atoms with Crippen molar-refractivity contribution in [2.45, 2.75) is 52.1 Å². The second kappa shape index (κ2) is 6.27. The Balaban J connectivity index is 2.22. The fourth-order valence-electron chi connectivity index (χ4n) is 3.60. The molecule has 0 aliphatic heterocycles. The number of rotatable bonds is 5. The summed E-state index contributed by atoms with van der Waals surface area (Å²) in [5, 5.41) is 15.3. The van der Waals surface area contributed by atoms with E-state index in [2.05, 4.69) is 32.2 Å². The summed E-state index contributed by atoms with van der Waals surface area (Å²) < 4.78 is 0. The van der Waals surface area contributed by atoms with Gasteiger partial charge in [-0.05, 0) is 42.0 Å². The molecule has 0 radical (unpaired) electrons. The summed E-state index contributed by atoms with van der Waals surface area (Å²) in [4.78, 5) is 13.2. The fraction of sp³-hybridized carbons (Fsp3) is 0.688. The summed E-state index contributed by atoms with van der Waals surface area (Å²) in [5.74, 6) is 0.377. The van der Waals surface area contributed by atoms with Crippen molar-refractivity contribution in [1.82, 2.24) is 5.32 Å². The van der Waals surface area contributed by atoms with Gasteiger partial charge in [0, 0.05) is 11.4 Å². The first-order valence-corrected chi connectivity index (χ1v) is 8.34. The largest absolute Gasteiger partial charge is 0.480 e. The quantitative estimate of drug-likeness (QED) is 0.869. The molecule has 3 nitrogen and oxygen atoms in total. The van der Waals surface area contributed by atoms with Crippen LogP contribution in [0.1, 0.15) is 44.9 Å². The molecule has 1 heterocycles. The molecule has 1 aliphatic rings. The standard InChI is InChI=1S/C16H25NO2S/c1-11(2)14-7-6-12(3)9-16(14,15(18)19)17-10-13-5-4-8-20-13/h4-5,8,11-12,14,17H,6-7,9-10H2,1-3H3,(H,18,19). The van der Waals surface area contributed by atoms with E-state index in [9.17, 15) is 9.90 Å². The summed E-state index contributed by atoms with van der Waals surface area (Å²) in [6, 6.07) is 4.07. The Morgan fingerprint density at radius 2 is 2.30 bits per heavy atom. The second-order valence-corrected chi connectivity index (χ2v) is 7.48. The molecule has 1 saturated carbocycles. The van der Waals surface area contributed by atoms with Crippen LogP contribution in [0.3, 0.4) is 0 Å². The van der Waals surface area contributed by atoms with Gasteiger partial charge in [-0.15, -0.1) is 11.3 Å². The Morgan fingerprint density at radius 1 is 1.55 bits per heavy atom. The van der Waals surface area contributed by atoms with Crippen molar-refractivity contribution >= 4 is 17.3 Å². The summed E-state index contributed by atoms with van der Waals surface area (Å²) in [6.45, 7) is 7.11. The van der Waals surface area contributed by atoms with E-state index in [1.807, 2.05) is 11.4 Å². The van der Waals surface area contributed by atoms with Crippen molar-refractivity contribution in [3.8, 4) is 0 Å². The molecular formula is C16H25NO2S. The third kappa shape index (κ3) is 3.07. The second-order valence-electron chi connectivity index (χ2n) is 6.45. The molecule has 112 valence electrons. The predicted molar refractivity (Wildman–Crippen MR) is 82.9 cm³/mol. The zero-order valence-electron chi connectivity index (χ0n) is 12.6. The molecule has 2 rings (SSSR count). The first-order valence-electron chi connectivity index (χ1n) is 7.46. The Kier molecular flexibility index (Phi) is 4.86. The zero-order chi connectivity index (χ0) is 14.8. The molecule has 3 atom stereocenters. The predicted octanol–water partition coefficient (Wildman–Crippen LogP) is 3.75. The van der Waals surface area contributed by atoms with Gasteiger partial charge in [-0.3, -0.25) is 10.1 Å². The van der Waals surface area contributed by atoms with Gasteiger partial charge in [-0.2, -0.15) is 0 Å². The van der Waals surface area contributed by atoms with Gasteiger partial charge in [0.1, 0.15) is 5.54 Å². The van der Waals surface area contributed by atoms with Gasteiger partial charge < -0.3 is 5.11 Å². The van der Waals surface area contributed by atoms with Crippen molar-refractivity contribution in [3.05, 3.63) is 22.4 Å². The lowest BCUT2D eigenvalue weighted by molar-refractivity contribution is -0.151. The molecule has 0 aromatic carbocycles. The van der Waals surface area contributed by atoms with Crippen LogP contribution in [0.5, 0.6) is 0 Å². The maximum Gasteiger partial charge on any atom is 0.324 e. The average molecular weight is 295 g/mol. The van der Waals surface area contributed by atoms with Gasteiger partial charge in [0.15, 0.2) is 0 Å². The van der Waals surface area contributed by atoms with Gasteiger partial charge in [0.05, 0.1) is 0 Å². The average Bonchev–Trinajstić information content (AvgIpc) is 2.88. The van der Waals surface area contributed by atoms with Crippen LogP contribution < -0.4 is 5.32 Å². The molecule has 3 unspecified atom stereocenters. The third-order valence-electron chi connectivity index (χ3n) is 4.62. The van der Waals surface area contributed by atoms with E-state index in [4.69, 9.17) is 0 Å². The topological polar surface area (TPSA) is 49.3 Å². The molecule has 0 amide bonds. The normalized spacial score (nSPS) is 30.6. The molecule has 0 saturated heterocycles. The van der Waals surface area contributed by atoms with Crippen LogP contribution >= 0.6 is 11.3 Å². The van der Waals surface area contributed by atoms with E-state index < -0.39 is 11.5 Å². The monoisotopic (exact) mass is 295 g/mol. The molecule has 1 aromatic rings. The minimum absolute atomic E-state index is 0.205. The van der Waals surface area contributed by atoms with E-state index >= 15 is 0 Å². The Labute approximate surface area is 125 Å². The molecule has 20 heavy (non-hydrogen) atoms. The number of nitrogens with one attached hydrogen (secondary N) is 1. The van der Waals surface area contributed by atoms with Crippen LogP contribution in [0.25, 0.3) is 0 Å². The molecule has 4 heteroatoms. The van der Waals surface area contributed by atoms with Crippen molar-refractivity contribution in [1.29, 1.82) is 0 Å². The van der Waals surface area contributed by atoms with E-state index in [0.717, 1.165) is 19.3 Å². The number of carbonyl (C=O) groups is 1. The van der Waals surface area contributed by atoms with Crippen LogP contribution in [0.4, 0.5) is 0 Å². The lowest BCUT2D eigenvalue weighted by atomic mass is 9.65. The van der Waals surface area contributed by atoms with Crippen molar-refractivity contribution in [3.63, 3.8) is 0 Å².